The highest BCUT2D eigenvalue weighted by molar-refractivity contribution is 7.99. The lowest BCUT2D eigenvalue weighted by Gasteiger charge is -2.28. The summed E-state index contributed by atoms with van der Waals surface area (Å²) in [5.41, 5.74) is 0.970. The minimum absolute atomic E-state index is 0.0183. The van der Waals surface area contributed by atoms with Gasteiger partial charge in [0, 0.05) is 42.6 Å². The van der Waals surface area contributed by atoms with Crippen LogP contribution in [0.4, 0.5) is 21.0 Å². The van der Waals surface area contributed by atoms with Crippen LogP contribution in [0.5, 0.6) is 0 Å². The van der Waals surface area contributed by atoms with Gasteiger partial charge in [-0.3, -0.25) is 29.3 Å². The Hall–Kier alpha value is -4.00. The number of nitrogens with zero attached hydrogens (tertiary/aromatic N) is 4. The molecule has 0 aliphatic carbocycles. The molecule has 0 unspecified atom stereocenters. The normalized spacial score (nSPS) is 20.3. The fourth-order valence-electron chi connectivity index (χ4n) is 5.19. The van der Waals surface area contributed by atoms with E-state index in [4.69, 9.17) is 13.7 Å². The number of aliphatic hydroxyl groups excluding tert-OH is 1. The van der Waals surface area contributed by atoms with Crippen molar-refractivity contribution >= 4 is 45.4 Å². The third-order valence-corrected chi connectivity index (χ3v) is 9.43. The Balaban J connectivity index is 1.24. The van der Waals surface area contributed by atoms with E-state index in [1.807, 2.05) is 0 Å². The number of amides is 2. The molecule has 0 bridgehead atoms. The van der Waals surface area contributed by atoms with Crippen LogP contribution in [0.1, 0.15) is 30.4 Å². The predicted molar refractivity (Wildman–Crippen MR) is 164 cm³/mol. The largest absolute Gasteiger partial charge is 0.445 e. The molecule has 18 heteroatoms. The van der Waals surface area contributed by atoms with Crippen molar-refractivity contribution in [3.8, 4) is 0 Å². The molecule has 2 aliphatic rings. The zero-order chi connectivity index (χ0) is 33.4. The van der Waals surface area contributed by atoms with Gasteiger partial charge in [0.25, 0.3) is 21.5 Å². The predicted octanol–water partition coefficient (Wildman–Crippen LogP) is 3.45. The van der Waals surface area contributed by atoms with Crippen LogP contribution in [0.3, 0.4) is 0 Å². The topological polar surface area (TPSA) is 209 Å². The van der Waals surface area contributed by atoms with Gasteiger partial charge in [0.15, 0.2) is 0 Å². The summed E-state index contributed by atoms with van der Waals surface area (Å²) in [4.78, 5) is 48.9. The molecular weight excluding hydrogens is 648 g/mol. The Morgan fingerprint density at radius 1 is 0.957 bits per heavy atom. The lowest BCUT2D eigenvalue weighted by atomic mass is 10.1. The number of benzene rings is 2. The SMILES string of the molecule is CS(=O)(=O)O[C@@H]1C[C@@H]([C@H](O)CCS[C@H]2CCN(C(=O)OCc3ccc([N+](=O)[O-])cc3)C2)N(C(=O)OCc2ccc([N+](=O)[O-])cc2)C1. The van der Waals surface area contributed by atoms with Crippen LogP contribution in [-0.4, -0.2) is 100 Å². The first-order valence-electron chi connectivity index (χ1n) is 14.3. The highest BCUT2D eigenvalue weighted by Gasteiger charge is 2.42. The quantitative estimate of drug-likeness (QED) is 0.183. The van der Waals surface area contributed by atoms with E-state index >= 15 is 0 Å². The Morgan fingerprint density at radius 2 is 1.50 bits per heavy atom. The summed E-state index contributed by atoms with van der Waals surface area (Å²) in [6.07, 6.45) is -1.20. The third-order valence-electron chi connectivity index (χ3n) is 7.48. The van der Waals surface area contributed by atoms with Gasteiger partial charge in [-0.15, -0.1) is 0 Å². The van der Waals surface area contributed by atoms with Crippen molar-refractivity contribution in [3.05, 3.63) is 79.9 Å². The Kier molecular flexibility index (Phi) is 11.8. The molecule has 46 heavy (non-hydrogen) atoms. The highest BCUT2D eigenvalue weighted by atomic mass is 32.2. The summed E-state index contributed by atoms with van der Waals surface area (Å²) in [5.74, 6) is 0.497. The maximum atomic E-state index is 13.0. The Morgan fingerprint density at radius 3 is 2.02 bits per heavy atom. The lowest BCUT2D eigenvalue weighted by molar-refractivity contribution is -0.385. The van der Waals surface area contributed by atoms with Gasteiger partial charge in [0.2, 0.25) is 0 Å². The van der Waals surface area contributed by atoms with Crippen molar-refractivity contribution in [2.24, 2.45) is 0 Å². The monoisotopic (exact) mass is 682 g/mol. The number of hydrogen-bond donors (Lipinski definition) is 1. The molecule has 2 aromatic rings. The lowest BCUT2D eigenvalue weighted by Crippen LogP contribution is -2.43. The first-order valence-corrected chi connectivity index (χ1v) is 17.1. The van der Waals surface area contributed by atoms with E-state index in [0.717, 1.165) is 6.26 Å². The van der Waals surface area contributed by atoms with E-state index in [0.29, 0.717) is 36.4 Å². The molecular formula is C28H34N4O12S2. The first kappa shape index (κ1) is 34.9. The number of thioether (sulfide) groups is 1. The number of aliphatic hydroxyl groups is 1. The number of likely N-dealkylation sites (tertiary alicyclic amines) is 2. The van der Waals surface area contributed by atoms with Crippen LogP contribution < -0.4 is 0 Å². The van der Waals surface area contributed by atoms with Crippen molar-refractivity contribution in [2.75, 3.05) is 31.6 Å². The van der Waals surface area contributed by atoms with Gasteiger partial charge < -0.3 is 19.5 Å². The van der Waals surface area contributed by atoms with Gasteiger partial charge in [0.05, 0.1) is 40.9 Å². The molecule has 4 atom stereocenters. The van der Waals surface area contributed by atoms with E-state index in [9.17, 15) is 43.3 Å². The number of nitro groups is 2. The zero-order valence-electron chi connectivity index (χ0n) is 24.8. The summed E-state index contributed by atoms with van der Waals surface area (Å²) in [5, 5.41) is 32.8. The number of rotatable bonds is 13. The van der Waals surface area contributed by atoms with Crippen LogP contribution in [0.15, 0.2) is 48.5 Å². The average Bonchev–Trinajstić information content (AvgIpc) is 3.66. The minimum atomic E-state index is -3.82. The minimum Gasteiger partial charge on any atom is -0.445 e. The Bertz CT molecular complexity index is 1510. The second-order valence-electron chi connectivity index (χ2n) is 10.9. The molecule has 0 spiro atoms. The van der Waals surface area contributed by atoms with Gasteiger partial charge in [-0.2, -0.15) is 20.2 Å². The summed E-state index contributed by atoms with van der Waals surface area (Å²) in [6.45, 7) is 0.615. The molecule has 0 aromatic heterocycles. The standard InChI is InChI=1S/C28H34N4O12S2/c1-46(40,41)44-23-14-25(30(15-23)28(35)43-18-20-4-8-22(9-5-20)32(38)39)26(33)11-13-45-24-10-12-29(16-24)27(34)42-17-19-2-6-21(7-3-19)31(36)37/h2-9,23-26,33H,10-18H2,1H3/t23-,24+,25+,26-/m1/s1. The van der Waals surface area contributed by atoms with Crippen molar-refractivity contribution in [1.29, 1.82) is 0 Å². The molecule has 16 nitrogen and oxygen atoms in total. The van der Waals surface area contributed by atoms with Gasteiger partial charge in [-0.05, 0) is 60.4 Å². The number of carbonyl (C=O) groups excluding carboxylic acids is 2. The van der Waals surface area contributed by atoms with E-state index in [2.05, 4.69) is 0 Å². The van der Waals surface area contributed by atoms with Crippen LogP contribution >= 0.6 is 11.8 Å². The molecule has 2 saturated heterocycles. The zero-order valence-corrected chi connectivity index (χ0v) is 26.5. The van der Waals surface area contributed by atoms with E-state index in [1.54, 1.807) is 16.7 Å². The van der Waals surface area contributed by atoms with Crippen LogP contribution in [-0.2, 0) is 37.0 Å². The average molecular weight is 683 g/mol. The first-order chi connectivity index (χ1) is 21.8. The number of nitro benzene ring substituents is 2. The van der Waals surface area contributed by atoms with E-state index in [1.165, 1.54) is 53.4 Å². The summed E-state index contributed by atoms with van der Waals surface area (Å²) < 4.78 is 39.3. The molecule has 2 amide bonds. The maximum absolute atomic E-state index is 13.0. The second-order valence-corrected chi connectivity index (χ2v) is 13.9. The number of ether oxygens (including phenoxy) is 2. The van der Waals surface area contributed by atoms with Gasteiger partial charge in [-0.1, -0.05) is 0 Å². The molecule has 2 fully saturated rings. The van der Waals surface area contributed by atoms with Gasteiger partial charge in [-0.25, -0.2) is 9.59 Å². The van der Waals surface area contributed by atoms with Crippen molar-refractivity contribution in [3.63, 3.8) is 0 Å². The molecule has 4 rings (SSSR count). The molecule has 0 radical (unpaired) electrons. The Labute approximate surface area is 269 Å². The van der Waals surface area contributed by atoms with E-state index < -0.39 is 50.4 Å². The molecule has 0 saturated carbocycles. The van der Waals surface area contributed by atoms with Crippen LogP contribution in [0.2, 0.25) is 0 Å². The smallest absolute Gasteiger partial charge is 0.410 e. The summed E-state index contributed by atoms with van der Waals surface area (Å²) >= 11 is 1.56. The van der Waals surface area contributed by atoms with Crippen LogP contribution in [0.25, 0.3) is 0 Å². The molecule has 2 aliphatic heterocycles. The highest BCUT2D eigenvalue weighted by Crippen LogP contribution is 2.29. The van der Waals surface area contributed by atoms with Crippen molar-refractivity contribution in [1.82, 2.24) is 9.80 Å². The third kappa shape index (κ3) is 10.0. The van der Waals surface area contributed by atoms with Gasteiger partial charge >= 0.3 is 12.2 Å². The van der Waals surface area contributed by atoms with E-state index in [-0.39, 0.29) is 49.2 Å². The molecule has 2 heterocycles. The second kappa shape index (κ2) is 15.5. The number of carbonyl (C=O) groups is 2. The fraction of sp³-hybridized carbons (Fsp3) is 0.500. The molecule has 2 aromatic carbocycles. The summed E-state index contributed by atoms with van der Waals surface area (Å²) in [7, 11) is -3.82. The fourth-order valence-corrected chi connectivity index (χ4v) is 7.09. The number of non-ortho nitro benzene ring substituents is 2. The maximum Gasteiger partial charge on any atom is 0.410 e. The number of hydrogen-bond acceptors (Lipinski definition) is 13. The van der Waals surface area contributed by atoms with Crippen LogP contribution in [0, 0.1) is 20.2 Å². The summed E-state index contributed by atoms with van der Waals surface area (Å²) in [6, 6.07) is 10.4. The van der Waals surface area contributed by atoms with Gasteiger partial charge in [0.1, 0.15) is 13.2 Å². The molecule has 250 valence electrons. The van der Waals surface area contributed by atoms with Crippen molar-refractivity contribution in [2.45, 2.75) is 56.0 Å². The molecule has 1 N–H and O–H groups in total. The van der Waals surface area contributed by atoms with Crippen molar-refractivity contribution < 1.29 is 46.6 Å².